The zero-order chi connectivity index (χ0) is 26.0. The lowest BCUT2D eigenvalue weighted by Gasteiger charge is -2.16. The number of rotatable bonds is 8. The molecule has 13 heteroatoms. The molecule has 1 amide bonds. The Balaban J connectivity index is 1.41. The van der Waals surface area contributed by atoms with Gasteiger partial charge in [-0.2, -0.15) is 18.3 Å². The SMILES string of the molecule is C[C@@H](CC(=O)c1cnn(C)c1CN1CCCC1)c1ncc(C(=O)Nc2cc(C(F)(F)F)c(Cl)cn2)s1. The molecule has 1 fully saturated rings. The Kier molecular flexibility index (Phi) is 7.76. The topological polar surface area (TPSA) is 93.0 Å². The summed E-state index contributed by atoms with van der Waals surface area (Å²) in [4.78, 5) is 36.1. The number of halogens is 4. The number of hydrogen-bond donors (Lipinski definition) is 1. The molecule has 0 spiro atoms. The molecule has 1 aliphatic heterocycles. The number of nitrogens with zero attached hydrogens (tertiary/aromatic N) is 5. The molecular formula is C23H24ClF3N6O2S. The number of Topliss-reactive ketones (excluding diaryl/α,β-unsaturated/α-hetero) is 1. The van der Waals surface area contributed by atoms with Crippen LogP contribution in [0.5, 0.6) is 0 Å². The van der Waals surface area contributed by atoms with Gasteiger partial charge in [-0.3, -0.25) is 19.2 Å². The predicted molar refractivity (Wildman–Crippen MR) is 129 cm³/mol. The van der Waals surface area contributed by atoms with Gasteiger partial charge in [-0.05, 0) is 32.0 Å². The molecule has 0 saturated carbocycles. The van der Waals surface area contributed by atoms with Gasteiger partial charge in [-0.25, -0.2) is 9.97 Å². The highest BCUT2D eigenvalue weighted by Crippen LogP contribution is 2.35. The molecular weight excluding hydrogens is 517 g/mol. The lowest BCUT2D eigenvalue weighted by Crippen LogP contribution is -2.22. The summed E-state index contributed by atoms with van der Waals surface area (Å²) >= 11 is 6.65. The number of aromatic nitrogens is 4. The van der Waals surface area contributed by atoms with Gasteiger partial charge in [0.2, 0.25) is 0 Å². The molecule has 0 unspecified atom stereocenters. The van der Waals surface area contributed by atoms with Crippen LogP contribution in [0.2, 0.25) is 5.02 Å². The largest absolute Gasteiger partial charge is 0.418 e. The first-order valence-corrected chi connectivity index (χ1v) is 12.5. The molecule has 1 atom stereocenters. The number of nitrogens with one attached hydrogen (secondary N) is 1. The number of amides is 1. The third-order valence-electron chi connectivity index (χ3n) is 6.00. The number of ketones is 1. The van der Waals surface area contributed by atoms with Crippen LogP contribution in [0.15, 0.2) is 24.7 Å². The fraction of sp³-hybridized carbons (Fsp3) is 0.435. The van der Waals surface area contributed by atoms with E-state index in [0.29, 0.717) is 23.2 Å². The van der Waals surface area contributed by atoms with Gasteiger partial charge in [0.15, 0.2) is 5.78 Å². The summed E-state index contributed by atoms with van der Waals surface area (Å²) in [5, 5.41) is 6.62. The summed E-state index contributed by atoms with van der Waals surface area (Å²) in [6, 6.07) is 0.678. The average molecular weight is 541 g/mol. The molecule has 3 aromatic heterocycles. The zero-order valence-corrected chi connectivity index (χ0v) is 21.2. The number of pyridine rings is 1. The molecule has 0 bridgehead atoms. The number of likely N-dealkylation sites (tertiary alicyclic amines) is 1. The second-order valence-corrected chi connectivity index (χ2v) is 10.2. The third kappa shape index (κ3) is 5.93. The number of carbonyl (C=O) groups is 2. The highest BCUT2D eigenvalue weighted by atomic mass is 35.5. The van der Waals surface area contributed by atoms with Crippen molar-refractivity contribution in [1.82, 2.24) is 24.6 Å². The van der Waals surface area contributed by atoms with E-state index in [1.54, 1.807) is 10.9 Å². The van der Waals surface area contributed by atoms with Gasteiger partial charge in [0.25, 0.3) is 5.91 Å². The second kappa shape index (κ2) is 10.7. The number of anilines is 1. The third-order valence-corrected chi connectivity index (χ3v) is 7.53. The molecule has 8 nitrogen and oxygen atoms in total. The quantitative estimate of drug-likeness (QED) is 0.396. The van der Waals surface area contributed by atoms with Gasteiger partial charge in [0.05, 0.1) is 39.2 Å². The summed E-state index contributed by atoms with van der Waals surface area (Å²) in [6.07, 6.45) is 1.56. The minimum atomic E-state index is -4.68. The zero-order valence-electron chi connectivity index (χ0n) is 19.6. The Morgan fingerprint density at radius 3 is 2.61 bits per heavy atom. The summed E-state index contributed by atoms with van der Waals surface area (Å²) in [5.74, 6) is -1.26. The first-order valence-electron chi connectivity index (χ1n) is 11.3. The maximum absolute atomic E-state index is 13.1. The Hall–Kier alpha value is -2.83. The Labute approximate surface area is 214 Å². The number of hydrogen-bond acceptors (Lipinski definition) is 7. The lowest BCUT2D eigenvalue weighted by atomic mass is 10.0. The van der Waals surface area contributed by atoms with Crippen LogP contribution in [0.3, 0.4) is 0 Å². The predicted octanol–water partition coefficient (Wildman–Crippen LogP) is 5.17. The summed E-state index contributed by atoms with van der Waals surface area (Å²) < 4.78 is 40.9. The van der Waals surface area contributed by atoms with Crippen molar-refractivity contribution < 1.29 is 22.8 Å². The Morgan fingerprint density at radius 2 is 1.92 bits per heavy atom. The summed E-state index contributed by atoms with van der Waals surface area (Å²) in [5.41, 5.74) is 0.369. The van der Waals surface area contributed by atoms with Crippen molar-refractivity contribution in [3.63, 3.8) is 0 Å². The lowest BCUT2D eigenvalue weighted by molar-refractivity contribution is -0.137. The van der Waals surface area contributed by atoms with Crippen LogP contribution in [0, 0.1) is 0 Å². The number of alkyl halides is 3. The van der Waals surface area contributed by atoms with E-state index < -0.39 is 22.7 Å². The van der Waals surface area contributed by atoms with E-state index in [-0.39, 0.29) is 28.8 Å². The van der Waals surface area contributed by atoms with E-state index >= 15 is 0 Å². The van der Waals surface area contributed by atoms with E-state index in [2.05, 4.69) is 25.3 Å². The fourth-order valence-electron chi connectivity index (χ4n) is 4.03. The molecule has 3 aromatic rings. The molecule has 1 saturated heterocycles. The average Bonchev–Trinajstić information content (AvgIpc) is 3.57. The van der Waals surface area contributed by atoms with Gasteiger partial charge in [-0.15, -0.1) is 11.3 Å². The maximum Gasteiger partial charge on any atom is 0.418 e. The summed E-state index contributed by atoms with van der Waals surface area (Å²) in [7, 11) is 1.82. The first-order chi connectivity index (χ1) is 17.0. The molecule has 0 aliphatic carbocycles. The minimum Gasteiger partial charge on any atom is -0.306 e. The van der Waals surface area contributed by atoms with E-state index in [1.165, 1.54) is 6.20 Å². The monoisotopic (exact) mass is 540 g/mol. The van der Waals surface area contributed by atoms with Gasteiger partial charge < -0.3 is 5.32 Å². The van der Waals surface area contributed by atoms with Gasteiger partial charge in [0, 0.05) is 32.1 Å². The number of aryl methyl sites for hydroxylation is 1. The number of thiazole rings is 1. The Morgan fingerprint density at radius 1 is 1.19 bits per heavy atom. The van der Waals surface area contributed by atoms with Crippen LogP contribution in [-0.4, -0.2) is 49.4 Å². The van der Waals surface area contributed by atoms with Crippen molar-refractivity contribution in [2.75, 3.05) is 18.4 Å². The molecule has 1 N–H and O–H groups in total. The normalized spacial score (nSPS) is 15.3. The second-order valence-electron chi connectivity index (χ2n) is 8.70. The molecule has 0 aromatic carbocycles. The molecule has 36 heavy (non-hydrogen) atoms. The van der Waals surface area contributed by atoms with Crippen molar-refractivity contribution >= 4 is 40.4 Å². The van der Waals surface area contributed by atoms with Crippen LogP contribution in [0.1, 0.15) is 68.4 Å². The van der Waals surface area contributed by atoms with Crippen molar-refractivity contribution in [3.05, 3.63) is 56.4 Å². The maximum atomic E-state index is 13.1. The van der Waals surface area contributed by atoms with Crippen LogP contribution >= 0.6 is 22.9 Å². The van der Waals surface area contributed by atoms with Crippen LogP contribution in [0.25, 0.3) is 0 Å². The highest BCUT2D eigenvalue weighted by Gasteiger charge is 2.34. The van der Waals surface area contributed by atoms with E-state index in [1.807, 2.05) is 14.0 Å². The van der Waals surface area contributed by atoms with Gasteiger partial charge in [0.1, 0.15) is 10.7 Å². The smallest absolute Gasteiger partial charge is 0.306 e. The minimum absolute atomic E-state index is 0.0592. The molecule has 1 aliphatic rings. The Bertz CT molecular complexity index is 1270. The van der Waals surface area contributed by atoms with Crippen LogP contribution < -0.4 is 5.32 Å². The van der Waals surface area contributed by atoms with Gasteiger partial charge in [-0.1, -0.05) is 18.5 Å². The molecule has 192 valence electrons. The van der Waals surface area contributed by atoms with Crippen LogP contribution in [-0.2, 0) is 19.8 Å². The molecule has 0 radical (unpaired) electrons. The van der Waals surface area contributed by atoms with Crippen molar-refractivity contribution in [1.29, 1.82) is 0 Å². The van der Waals surface area contributed by atoms with Crippen molar-refractivity contribution in [2.45, 2.75) is 44.8 Å². The first kappa shape index (κ1) is 26.2. The van der Waals surface area contributed by atoms with Crippen molar-refractivity contribution in [3.8, 4) is 0 Å². The number of carbonyl (C=O) groups excluding carboxylic acids is 2. The molecule has 4 rings (SSSR count). The molecule has 4 heterocycles. The van der Waals surface area contributed by atoms with Gasteiger partial charge >= 0.3 is 6.18 Å². The van der Waals surface area contributed by atoms with Crippen molar-refractivity contribution in [2.24, 2.45) is 7.05 Å². The van der Waals surface area contributed by atoms with Crippen LogP contribution in [0.4, 0.5) is 19.0 Å². The van der Waals surface area contributed by atoms with E-state index in [0.717, 1.165) is 49.2 Å². The standard InChI is InChI=1S/C23H24ClF3N6O2S/c1-13(7-18(34)14-9-30-32(2)17(14)12-33-5-3-4-6-33)22-29-11-19(36-22)21(35)31-20-8-15(23(25,26)27)16(24)10-28-20/h8-11,13H,3-7,12H2,1-2H3,(H,28,31,35)/t13-/m0/s1. The fourth-order valence-corrected chi connectivity index (χ4v) is 5.11. The summed E-state index contributed by atoms with van der Waals surface area (Å²) in [6.45, 7) is 4.51. The highest BCUT2D eigenvalue weighted by molar-refractivity contribution is 7.13. The van der Waals surface area contributed by atoms with E-state index in [4.69, 9.17) is 11.6 Å². The van der Waals surface area contributed by atoms with E-state index in [9.17, 15) is 22.8 Å².